The maximum atomic E-state index is 12.6. The van der Waals surface area contributed by atoms with Gasteiger partial charge in [0.25, 0.3) is 0 Å². The summed E-state index contributed by atoms with van der Waals surface area (Å²) in [5.74, 6) is -4.15. The molecule has 0 unspecified atom stereocenters. The number of hydrogen-bond acceptors (Lipinski definition) is 6. The number of amides is 3. The number of guanidine groups is 1. The predicted molar refractivity (Wildman–Crippen MR) is 110 cm³/mol. The highest BCUT2D eigenvalue weighted by molar-refractivity contribution is 5.94. The molecule has 7 N–H and O–H groups in total. The Morgan fingerprint density at radius 1 is 1.03 bits per heavy atom. The van der Waals surface area contributed by atoms with Crippen LogP contribution in [0.15, 0.2) is 0 Å². The lowest BCUT2D eigenvalue weighted by Gasteiger charge is -2.39. The quantitative estimate of drug-likeness (QED) is 0.168. The number of nitrogens with one attached hydrogen (secondary N) is 3. The van der Waals surface area contributed by atoms with Crippen molar-refractivity contribution < 1.29 is 34.2 Å². The third-order valence-corrected chi connectivity index (χ3v) is 5.81. The van der Waals surface area contributed by atoms with E-state index in [1.807, 2.05) is 0 Å². The number of carbonyl (C=O) groups excluding carboxylic acids is 3. The molecule has 1 saturated carbocycles. The summed E-state index contributed by atoms with van der Waals surface area (Å²) >= 11 is 0. The molecule has 0 aromatic rings. The minimum Gasteiger partial charge on any atom is -0.481 e. The zero-order valence-corrected chi connectivity index (χ0v) is 17.7. The number of carbonyl (C=O) groups is 5. The van der Waals surface area contributed by atoms with Crippen molar-refractivity contribution in [2.24, 2.45) is 17.6 Å². The Bertz CT molecular complexity index is 765. The molecule has 1 saturated heterocycles. The Kier molecular flexibility index (Phi) is 8.79. The smallest absolute Gasteiger partial charge is 0.323 e. The first kappa shape index (κ1) is 24.9. The summed E-state index contributed by atoms with van der Waals surface area (Å²) in [6, 6.07) is -1.31. The fraction of sp³-hybridized carbons (Fsp3) is 0.684. The molecule has 13 nitrogen and oxygen atoms in total. The van der Waals surface area contributed by atoms with Gasteiger partial charge in [0, 0.05) is 25.6 Å². The van der Waals surface area contributed by atoms with Crippen molar-refractivity contribution >= 4 is 35.6 Å². The highest BCUT2D eigenvalue weighted by Gasteiger charge is 2.39. The van der Waals surface area contributed by atoms with Crippen LogP contribution in [0.25, 0.3) is 0 Å². The van der Waals surface area contributed by atoms with Gasteiger partial charge >= 0.3 is 11.9 Å². The van der Waals surface area contributed by atoms with Crippen LogP contribution in [0.5, 0.6) is 0 Å². The number of aliphatic carboxylic acids is 2. The van der Waals surface area contributed by atoms with E-state index in [1.54, 1.807) is 0 Å². The van der Waals surface area contributed by atoms with Crippen LogP contribution in [0, 0.1) is 17.2 Å². The molecule has 1 heterocycles. The van der Waals surface area contributed by atoms with Crippen molar-refractivity contribution in [1.82, 2.24) is 20.4 Å². The molecule has 2 fully saturated rings. The molecular formula is C19H30N6O7. The van der Waals surface area contributed by atoms with Crippen LogP contribution >= 0.6 is 0 Å². The van der Waals surface area contributed by atoms with E-state index < -0.39 is 42.8 Å². The molecule has 0 bridgehead atoms. The van der Waals surface area contributed by atoms with Gasteiger partial charge in [-0.1, -0.05) is 0 Å². The standard InChI is InChI=1S/C19H30N6O7/c20-19(21)23-8-11-1-3-12(4-2-11)17(31)22-9-14(26)25-6-5-24(10-16(29)30)18(32)13(25)7-15(27)28/h11-13H,1-10H2,(H,22,31)(H,27,28)(H,29,30)(H4,20,21,23)/t11?,12?,13-/m0/s1. The molecule has 2 aliphatic rings. The fourth-order valence-corrected chi connectivity index (χ4v) is 4.11. The van der Waals surface area contributed by atoms with Gasteiger partial charge in [-0.25, -0.2) is 0 Å². The van der Waals surface area contributed by atoms with Crippen LogP contribution < -0.4 is 16.4 Å². The van der Waals surface area contributed by atoms with Gasteiger partial charge in [0.05, 0.1) is 13.0 Å². The molecule has 1 aliphatic carbocycles. The number of carboxylic acids is 2. The summed E-state index contributed by atoms with van der Waals surface area (Å²) in [4.78, 5) is 61.8. The molecule has 32 heavy (non-hydrogen) atoms. The van der Waals surface area contributed by atoms with E-state index >= 15 is 0 Å². The second-order valence-corrected chi connectivity index (χ2v) is 8.08. The number of rotatable bonds is 9. The molecule has 1 aliphatic heterocycles. The Balaban J connectivity index is 1.87. The van der Waals surface area contributed by atoms with Crippen LogP contribution in [-0.2, 0) is 24.0 Å². The highest BCUT2D eigenvalue weighted by Crippen LogP contribution is 2.28. The topological polar surface area (TPSA) is 206 Å². The zero-order chi connectivity index (χ0) is 23.8. The Labute approximate surface area is 184 Å². The molecule has 3 amide bonds. The number of nitrogens with zero attached hydrogens (tertiary/aromatic N) is 2. The van der Waals surface area contributed by atoms with Gasteiger partial charge in [0.2, 0.25) is 17.7 Å². The summed E-state index contributed by atoms with van der Waals surface area (Å²) in [7, 11) is 0. The first-order valence-corrected chi connectivity index (χ1v) is 10.5. The summed E-state index contributed by atoms with van der Waals surface area (Å²) in [5, 5.41) is 30.6. The van der Waals surface area contributed by atoms with E-state index in [1.165, 1.54) is 0 Å². The van der Waals surface area contributed by atoms with Gasteiger partial charge in [-0.05, 0) is 31.6 Å². The lowest BCUT2D eigenvalue weighted by Crippen LogP contribution is -2.61. The van der Waals surface area contributed by atoms with Gasteiger partial charge in [-0.15, -0.1) is 0 Å². The summed E-state index contributed by atoms with van der Waals surface area (Å²) in [5.41, 5.74) is 5.28. The van der Waals surface area contributed by atoms with Gasteiger partial charge in [-0.2, -0.15) is 0 Å². The third-order valence-electron chi connectivity index (χ3n) is 5.81. The van der Waals surface area contributed by atoms with Crippen molar-refractivity contribution in [3.8, 4) is 0 Å². The summed E-state index contributed by atoms with van der Waals surface area (Å²) in [6.07, 6.45) is 2.20. The molecule has 0 spiro atoms. The van der Waals surface area contributed by atoms with Gasteiger partial charge in [0.1, 0.15) is 12.6 Å². The summed E-state index contributed by atoms with van der Waals surface area (Å²) in [6.45, 7) is -0.403. The van der Waals surface area contributed by atoms with E-state index in [0.29, 0.717) is 25.3 Å². The van der Waals surface area contributed by atoms with E-state index in [-0.39, 0.29) is 37.4 Å². The average Bonchev–Trinajstić information content (AvgIpc) is 2.73. The van der Waals surface area contributed by atoms with Crippen LogP contribution in [0.1, 0.15) is 32.1 Å². The SMILES string of the molecule is N=C(N)NCC1CCC(C(=O)NCC(=O)N2CCN(CC(=O)O)C(=O)[C@@H]2CC(=O)O)CC1. The van der Waals surface area contributed by atoms with E-state index in [9.17, 15) is 24.0 Å². The van der Waals surface area contributed by atoms with Crippen LogP contribution in [0.3, 0.4) is 0 Å². The van der Waals surface area contributed by atoms with Crippen LogP contribution in [0.4, 0.5) is 0 Å². The number of hydrogen-bond donors (Lipinski definition) is 6. The van der Waals surface area contributed by atoms with Crippen molar-refractivity contribution in [2.45, 2.75) is 38.1 Å². The van der Waals surface area contributed by atoms with Crippen molar-refractivity contribution in [2.75, 3.05) is 32.7 Å². The van der Waals surface area contributed by atoms with Gasteiger partial charge in [0.15, 0.2) is 5.96 Å². The monoisotopic (exact) mass is 454 g/mol. The predicted octanol–water partition coefficient (Wildman–Crippen LogP) is -2.01. The molecule has 1 atom stereocenters. The van der Waals surface area contributed by atoms with Crippen LogP contribution in [-0.4, -0.2) is 94.4 Å². The molecule has 0 radical (unpaired) electrons. The highest BCUT2D eigenvalue weighted by atomic mass is 16.4. The summed E-state index contributed by atoms with van der Waals surface area (Å²) < 4.78 is 0. The van der Waals surface area contributed by atoms with Crippen LogP contribution in [0.2, 0.25) is 0 Å². The first-order chi connectivity index (χ1) is 15.1. The molecular weight excluding hydrogens is 424 g/mol. The molecule has 178 valence electrons. The maximum absolute atomic E-state index is 12.6. The second-order valence-electron chi connectivity index (χ2n) is 8.08. The fourth-order valence-electron chi connectivity index (χ4n) is 4.11. The molecule has 13 heteroatoms. The van der Waals surface area contributed by atoms with Gasteiger partial charge < -0.3 is 36.4 Å². The Hall–Kier alpha value is -3.38. The minimum atomic E-state index is -1.31. The number of carboxylic acid groups (broad SMARTS) is 2. The average molecular weight is 454 g/mol. The molecule has 2 rings (SSSR count). The molecule has 0 aromatic carbocycles. The minimum absolute atomic E-state index is 0.0140. The lowest BCUT2D eigenvalue weighted by atomic mass is 9.81. The lowest BCUT2D eigenvalue weighted by molar-refractivity contribution is -0.158. The van der Waals surface area contributed by atoms with Crippen molar-refractivity contribution in [3.05, 3.63) is 0 Å². The third kappa shape index (κ3) is 7.10. The maximum Gasteiger partial charge on any atom is 0.323 e. The largest absolute Gasteiger partial charge is 0.481 e. The first-order valence-electron chi connectivity index (χ1n) is 10.5. The van der Waals surface area contributed by atoms with E-state index in [0.717, 1.165) is 22.6 Å². The molecule has 0 aromatic heterocycles. The van der Waals surface area contributed by atoms with E-state index in [4.69, 9.17) is 21.4 Å². The number of nitrogens with two attached hydrogens (primary N) is 1. The number of piperazine rings is 1. The van der Waals surface area contributed by atoms with E-state index in [2.05, 4.69) is 10.6 Å². The second kappa shape index (κ2) is 11.3. The van der Waals surface area contributed by atoms with Crippen molar-refractivity contribution in [3.63, 3.8) is 0 Å². The Morgan fingerprint density at radius 2 is 1.69 bits per heavy atom. The van der Waals surface area contributed by atoms with Gasteiger partial charge in [-0.3, -0.25) is 29.4 Å². The normalized spacial score (nSPS) is 23.4. The Morgan fingerprint density at radius 3 is 2.25 bits per heavy atom. The van der Waals surface area contributed by atoms with Crippen molar-refractivity contribution in [1.29, 1.82) is 5.41 Å². The zero-order valence-electron chi connectivity index (χ0n) is 17.7.